The highest BCUT2D eigenvalue weighted by molar-refractivity contribution is 7.22. The summed E-state index contributed by atoms with van der Waals surface area (Å²) in [5, 5.41) is 0. The topological polar surface area (TPSA) is 9.23 Å². The van der Waals surface area contributed by atoms with E-state index in [4.69, 9.17) is 4.12 Å². The molecule has 5 heavy (non-hydrogen) atoms. The Kier molecular flexibility index (Phi) is 5.63. The zero-order chi connectivity index (χ0) is 4.12. The van der Waals surface area contributed by atoms with Crippen LogP contribution in [0.15, 0.2) is 0 Å². The Morgan fingerprint density at radius 1 is 1.80 bits per heavy atom. The molecule has 0 aliphatic carbocycles. The van der Waals surface area contributed by atoms with Crippen molar-refractivity contribution in [3.05, 3.63) is 0 Å². The van der Waals surface area contributed by atoms with Crippen molar-refractivity contribution in [2.75, 3.05) is 0 Å². The van der Waals surface area contributed by atoms with Gasteiger partial charge in [-0.3, -0.25) is 0 Å². The van der Waals surface area contributed by atoms with Gasteiger partial charge in [0.05, 0.1) is 0 Å². The molecule has 1 nitrogen and oxygen atoms in total. The van der Waals surface area contributed by atoms with Crippen LogP contribution in [0, 0.1) is 0 Å². The minimum atomic E-state index is 0.145. The smallest absolute Gasteiger partial charge is 0.157 e. The van der Waals surface area contributed by atoms with Crippen LogP contribution in [0.5, 0.6) is 0 Å². The van der Waals surface area contributed by atoms with E-state index in [1.807, 2.05) is 0 Å². The zero-order valence-electron chi connectivity index (χ0n) is 3.53. The summed E-state index contributed by atoms with van der Waals surface area (Å²) in [5.41, 5.74) is 0. The van der Waals surface area contributed by atoms with Gasteiger partial charge in [-0.05, 0) is 9.76 Å². The van der Waals surface area contributed by atoms with Crippen LogP contribution in [0.25, 0.3) is 0 Å². The third kappa shape index (κ3) is 4.83. The van der Waals surface area contributed by atoms with Crippen molar-refractivity contribution in [3.63, 3.8) is 0 Å². The van der Waals surface area contributed by atoms with Crippen molar-refractivity contribution >= 4 is 38.1 Å². The Morgan fingerprint density at radius 2 is 2.40 bits per heavy atom. The molecule has 0 aromatic carbocycles. The summed E-state index contributed by atoms with van der Waals surface area (Å²) in [7, 11) is 3.77. The summed E-state index contributed by atoms with van der Waals surface area (Å²) in [6.07, 6.45) is 0. The van der Waals surface area contributed by atoms with Crippen molar-refractivity contribution in [2.45, 2.75) is 0 Å². The Bertz CT molecular complexity index is 11.1. The first-order valence-corrected chi connectivity index (χ1v) is 12.6. The summed E-state index contributed by atoms with van der Waals surface area (Å²) >= 11 is 0. The molecule has 0 aliphatic heterocycles. The van der Waals surface area contributed by atoms with Crippen LogP contribution in [-0.4, -0.2) is 38.1 Å². The van der Waals surface area contributed by atoms with Crippen molar-refractivity contribution in [1.29, 1.82) is 0 Å². The summed E-state index contributed by atoms with van der Waals surface area (Å²) in [6.45, 7) is 0. The molecule has 0 saturated carbocycles. The molecule has 0 unspecified atom stereocenters. The third-order valence-electron chi connectivity index (χ3n) is 0.348. The maximum atomic E-state index is 4.95. The number of hydrogen-bond donors (Lipinski definition) is 0. The number of hydrogen-bond acceptors (Lipinski definition) is 1. The van der Waals surface area contributed by atoms with Gasteiger partial charge < -0.3 is 4.12 Å². The molecule has 5 heteroatoms. The maximum Gasteiger partial charge on any atom is 0.157 e. The lowest BCUT2D eigenvalue weighted by molar-refractivity contribution is 0.682. The largest absolute Gasteiger partial charge is 0.469 e. The van der Waals surface area contributed by atoms with E-state index in [0.29, 0.717) is 8.55 Å². The van der Waals surface area contributed by atoms with Crippen LogP contribution >= 0.6 is 0 Å². The van der Waals surface area contributed by atoms with Crippen LogP contribution in [0.2, 0.25) is 0 Å². The highest BCUT2D eigenvalue weighted by atomic mass is 29.5. The van der Waals surface area contributed by atoms with Crippen LogP contribution in [-0.2, 0) is 4.12 Å². The van der Waals surface area contributed by atoms with E-state index in [0.717, 1.165) is 0 Å². The van der Waals surface area contributed by atoms with Gasteiger partial charge in [0.25, 0.3) is 0 Å². The summed E-state index contributed by atoms with van der Waals surface area (Å²) in [5.74, 6) is 0. The van der Waals surface area contributed by atoms with Gasteiger partial charge in [-0.2, -0.15) is 0 Å². The molecule has 0 saturated heterocycles. The van der Waals surface area contributed by atoms with E-state index in [-0.39, 0.29) is 9.28 Å². The molecule has 31 valence electrons. The molecule has 0 atom stereocenters. The minimum absolute atomic E-state index is 0.145. The lowest BCUT2D eigenvalue weighted by atomic mass is 15.8. The van der Waals surface area contributed by atoms with Crippen LogP contribution in [0.1, 0.15) is 0 Å². The molecule has 0 aromatic heterocycles. The predicted octanol–water partition coefficient (Wildman–Crippen LogP) is -4.00. The Morgan fingerprint density at radius 3 is 2.40 bits per heavy atom. The minimum Gasteiger partial charge on any atom is -0.469 e. The second-order valence-corrected chi connectivity index (χ2v) is 17.2. The first-order chi connectivity index (χ1) is 2.41. The Hall–Kier alpha value is 0.828. The van der Waals surface area contributed by atoms with Crippen molar-refractivity contribution in [3.8, 4) is 0 Å². The second-order valence-electron chi connectivity index (χ2n) is 0.908. The van der Waals surface area contributed by atoms with Gasteiger partial charge in [-0.15, -0.1) is 0 Å². The molecule has 0 rings (SSSR count). The lowest BCUT2D eigenvalue weighted by Crippen LogP contribution is -2.05. The van der Waals surface area contributed by atoms with Gasteiger partial charge in [0, 0.05) is 8.55 Å². The van der Waals surface area contributed by atoms with E-state index >= 15 is 0 Å². The van der Waals surface area contributed by atoms with E-state index in [1.165, 1.54) is 9.76 Å². The van der Waals surface area contributed by atoms with Crippen molar-refractivity contribution in [1.82, 2.24) is 0 Å². The third-order valence-corrected chi connectivity index (χ3v) is 9.41. The van der Waals surface area contributed by atoms with Crippen LogP contribution in [0.4, 0.5) is 0 Å². The van der Waals surface area contributed by atoms with Crippen LogP contribution in [0.3, 0.4) is 0 Å². The van der Waals surface area contributed by atoms with Gasteiger partial charge in [-0.25, -0.2) is 0 Å². The zero-order valence-corrected chi connectivity index (χ0v) is 9.77. The highest BCUT2D eigenvalue weighted by Gasteiger charge is 1.70. The highest BCUT2D eigenvalue weighted by Crippen LogP contribution is 1.44. The normalized spacial score (nSPS) is 13.8. The molecule has 0 spiro atoms. The fourth-order valence-electron chi connectivity index (χ4n) is 0.144. The van der Waals surface area contributed by atoms with Gasteiger partial charge in [0.1, 0.15) is 9.28 Å². The fraction of sp³-hybridized carbons (Fsp3) is 0. The average Bonchev–Trinajstić information content (AvgIpc) is 1.41. The molecule has 0 amide bonds. The molecule has 0 aliphatic rings. The van der Waals surface area contributed by atoms with E-state index < -0.39 is 0 Å². The molecular formula is H9OSi4. The number of rotatable bonds is 2. The molecule has 0 N–H and O–H groups in total. The van der Waals surface area contributed by atoms with Gasteiger partial charge in [0.15, 0.2) is 10.5 Å². The summed E-state index contributed by atoms with van der Waals surface area (Å²) in [6, 6.07) is 0. The molecular weight excluding hydrogens is 128 g/mol. The van der Waals surface area contributed by atoms with E-state index in [9.17, 15) is 0 Å². The van der Waals surface area contributed by atoms with Crippen molar-refractivity contribution in [2.24, 2.45) is 0 Å². The standard InChI is InChI=1S/H9OSi4/c2-1-4-5-3/h2,4-5H2,3H3. The van der Waals surface area contributed by atoms with Gasteiger partial charge in [0.2, 0.25) is 0 Å². The predicted molar refractivity (Wildman–Crippen MR) is 36.7 cm³/mol. The molecule has 0 fully saturated rings. The molecule has 0 aromatic rings. The van der Waals surface area contributed by atoms with Crippen molar-refractivity contribution < 1.29 is 4.12 Å². The second kappa shape index (κ2) is 4.83. The Labute approximate surface area is 42.8 Å². The molecule has 1 radical (unpaired) electrons. The summed E-state index contributed by atoms with van der Waals surface area (Å²) in [4.78, 5) is 0. The van der Waals surface area contributed by atoms with Gasteiger partial charge in [-0.1, -0.05) is 0 Å². The molecule has 0 bridgehead atoms. The van der Waals surface area contributed by atoms with Crippen LogP contribution < -0.4 is 0 Å². The van der Waals surface area contributed by atoms with E-state index in [2.05, 4.69) is 0 Å². The SMILES string of the molecule is [SiH2]O[SiH2][SiH2][SiH3]. The van der Waals surface area contributed by atoms with E-state index in [1.54, 1.807) is 10.5 Å². The fourth-order valence-corrected chi connectivity index (χ4v) is 11.7. The first kappa shape index (κ1) is 5.83. The van der Waals surface area contributed by atoms with Gasteiger partial charge >= 0.3 is 0 Å². The Balaban J connectivity index is 2.19. The summed E-state index contributed by atoms with van der Waals surface area (Å²) < 4.78 is 4.95. The quantitative estimate of drug-likeness (QED) is 0.353. The molecule has 0 heterocycles. The average molecular weight is 137 g/mol. The first-order valence-electron chi connectivity index (χ1n) is 1.78. The monoisotopic (exact) mass is 137 g/mol. The maximum absolute atomic E-state index is 4.95. The lowest BCUT2D eigenvalue weighted by Gasteiger charge is -1.82.